The van der Waals surface area contributed by atoms with Crippen LogP contribution >= 0.6 is 0 Å². The van der Waals surface area contributed by atoms with Crippen molar-refractivity contribution in [2.24, 2.45) is 7.05 Å². The molecule has 0 saturated carbocycles. The molecule has 0 atom stereocenters. The molecule has 0 spiro atoms. The fourth-order valence-corrected chi connectivity index (χ4v) is 1.22. The van der Waals surface area contributed by atoms with Crippen molar-refractivity contribution < 1.29 is 4.74 Å². The molecule has 0 amide bonds. The van der Waals surface area contributed by atoms with Gasteiger partial charge >= 0.3 is 0 Å². The fourth-order valence-electron chi connectivity index (χ4n) is 1.22. The largest absolute Gasteiger partial charge is 0.383 e. The van der Waals surface area contributed by atoms with Gasteiger partial charge in [0.05, 0.1) is 18.0 Å². The molecule has 13 heavy (non-hydrogen) atoms. The van der Waals surface area contributed by atoms with Gasteiger partial charge in [0.1, 0.15) is 0 Å². The highest BCUT2D eigenvalue weighted by atomic mass is 16.5. The van der Waals surface area contributed by atoms with Crippen LogP contribution in [0.1, 0.15) is 11.4 Å². The Morgan fingerprint density at radius 1 is 1.62 bits per heavy atom. The van der Waals surface area contributed by atoms with Gasteiger partial charge in [-0.05, 0) is 13.0 Å². The third kappa shape index (κ3) is 3.16. The number of ether oxygens (including phenoxy) is 1. The first-order valence-electron chi connectivity index (χ1n) is 4.43. The second-order valence-electron chi connectivity index (χ2n) is 3.07. The summed E-state index contributed by atoms with van der Waals surface area (Å²) in [6.45, 7) is 4.47. The Morgan fingerprint density at radius 3 is 2.92 bits per heavy atom. The number of methoxy groups -OCH3 is 1. The average molecular weight is 183 g/mol. The minimum Gasteiger partial charge on any atom is -0.383 e. The average Bonchev–Trinajstić information content (AvgIpc) is 2.39. The number of hydrogen-bond donors (Lipinski definition) is 1. The standard InChI is InChI=1S/C9H17N3O/c1-8-6-9(12(2)11-8)7-10-4-5-13-3/h6,10H,4-5,7H2,1-3H3. The zero-order valence-corrected chi connectivity index (χ0v) is 8.50. The van der Waals surface area contributed by atoms with Gasteiger partial charge in [-0.15, -0.1) is 0 Å². The quantitative estimate of drug-likeness (QED) is 0.674. The molecule has 1 N–H and O–H groups in total. The first-order valence-corrected chi connectivity index (χ1v) is 4.43. The van der Waals surface area contributed by atoms with E-state index in [4.69, 9.17) is 4.74 Å². The van der Waals surface area contributed by atoms with Crippen LogP contribution in [0, 0.1) is 6.92 Å². The number of nitrogens with one attached hydrogen (secondary N) is 1. The van der Waals surface area contributed by atoms with Crippen LogP contribution in [0.2, 0.25) is 0 Å². The molecule has 1 aromatic rings. The lowest BCUT2D eigenvalue weighted by Gasteiger charge is -2.03. The number of rotatable bonds is 5. The van der Waals surface area contributed by atoms with Crippen LogP contribution < -0.4 is 5.32 Å². The van der Waals surface area contributed by atoms with Crippen LogP contribution in [-0.2, 0) is 18.3 Å². The summed E-state index contributed by atoms with van der Waals surface area (Å²) in [5.41, 5.74) is 2.26. The van der Waals surface area contributed by atoms with Crippen molar-refractivity contribution >= 4 is 0 Å². The minimum absolute atomic E-state index is 0.747. The molecule has 0 aliphatic rings. The second-order valence-corrected chi connectivity index (χ2v) is 3.07. The highest BCUT2D eigenvalue weighted by Gasteiger charge is 1.99. The maximum atomic E-state index is 4.93. The molecule has 0 unspecified atom stereocenters. The summed E-state index contributed by atoms with van der Waals surface area (Å²) in [7, 11) is 3.66. The molecular formula is C9H17N3O. The highest BCUT2D eigenvalue weighted by molar-refractivity contribution is 5.07. The Morgan fingerprint density at radius 2 is 2.38 bits per heavy atom. The van der Waals surface area contributed by atoms with E-state index in [0.717, 1.165) is 25.4 Å². The van der Waals surface area contributed by atoms with Gasteiger partial charge in [-0.3, -0.25) is 4.68 Å². The minimum atomic E-state index is 0.747. The van der Waals surface area contributed by atoms with E-state index in [-0.39, 0.29) is 0 Å². The molecule has 0 saturated heterocycles. The SMILES string of the molecule is COCCNCc1cc(C)nn1C. The van der Waals surface area contributed by atoms with E-state index in [0.29, 0.717) is 0 Å². The summed E-state index contributed by atoms with van der Waals surface area (Å²) < 4.78 is 6.83. The molecule has 4 nitrogen and oxygen atoms in total. The van der Waals surface area contributed by atoms with Crippen molar-refractivity contribution in [2.75, 3.05) is 20.3 Å². The summed E-state index contributed by atoms with van der Waals surface area (Å²) in [4.78, 5) is 0. The third-order valence-electron chi connectivity index (χ3n) is 1.89. The molecule has 1 rings (SSSR count). The van der Waals surface area contributed by atoms with Crippen molar-refractivity contribution in [2.45, 2.75) is 13.5 Å². The van der Waals surface area contributed by atoms with E-state index in [9.17, 15) is 0 Å². The van der Waals surface area contributed by atoms with Gasteiger partial charge in [0.15, 0.2) is 0 Å². The van der Waals surface area contributed by atoms with Gasteiger partial charge in [0, 0.05) is 27.2 Å². The van der Waals surface area contributed by atoms with E-state index < -0.39 is 0 Å². The predicted octanol–water partition coefficient (Wildman–Crippen LogP) is 0.465. The lowest BCUT2D eigenvalue weighted by atomic mass is 10.3. The third-order valence-corrected chi connectivity index (χ3v) is 1.89. The number of hydrogen-bond acceptors (Lipinski definition) is 3. The monoisotopic (exact) mass is 183 g/mol. The molecule has 0 aliphatic heterocycles. The molecular weight excluding hydrogens is 166 g/mol. The summed E-state index contributed by atoms with van der Waals surface area (Å²) in [6.07, 6.45) is 0. The van der Waals surface area contributed by atoms with E-state index in [1.54, 1.807) is 7.11 Å². The van der Waals surface area contributed by atoms with Crippen molar-refractivity contribution in [3.8, 4) is 0 Å². The summed E-state index contributed by atoms with van der Waals surface area (Å²) in [6, 6.07) is 2.08. The smallest absolute Gasteiger partial charge is 0.0597 e. The van der Waals surface area contributed by atoms with Crippen LogP contribution in [0.5, 0.6) is 0 Å². The topological polar surface area (TPSA) is 39.1 Å². The maximum Gasteiger partial charge on any atom is 0.0597 e. The van der Waals surface area contributed by atoms with Crippen LogP contribution in [-0.4, -0.2) is 30.0 Å². The summed E-state index contributed by atoms with van der Waals surface area (Å²) >= 11 is 0. The molecule has 0 aliphatic carbocycles. The van der Waals surface area contributed by atoms with Gasteiger partial charge in [0.2, 0.25) is 0 Å². The van der Waals surface area contributed by atoms with Gasteiger partial charge in [-0.25, -0.2) is 0 Å². The van der Waals surface area contributed by atoms with Crippen LogP contribution in [0.15, 0.2) is 6.07 Å². The Labute approximate surface area is 78.9 Å². The zero-order valence-electron chi connectivity index (χ0n) is 8.50. The summed E-state index contributed by atoms with van der Waals surface area (Å²) in [5.74, 6) is 0. The molecule has 1 heterocycles. The van der Waals surface area contributed by atoms with E-state index >= 15 is 0 Å². The molecule has 4 heteroatoms. The number of aryl methyl sites for hydroxylation is 2. The van der Waals surface area contributed by atoms with Gasteiger partial charge in [0.25, 0.3) is 0 Å². The molecule has 1 aromatic heterocycles. The van der Waals surface area contributed by atoms with E-state index in [1.807, 2.05) is 18.7 Å². The Hall–Kier alpha value is -0.870. The Bertz CT molecular complexity index is 257. The van der Waals surface area contributed by atoms with Crippen LogP contribution in [0.25, 0.3) is 0 Å². The molecule has 0 fully saturated rings. The first-order chi connectivity index (χ1) is 6.24. The molecule has 74 valence electrons. The van der Waals surface area contributed by atoms with Gasteiger partial charge in [-0.2, -0.15) is 5.10 Å². The number of nitrogens with zero attached hydrogens (tertiary/aromatic N) is 2. The van der Waals surface area contributed by atoms with Gasteiger partial charge < -0.3 is 10.1 Å². The zero-order chi connectivity index (χ0) is 9.68. The van der Waals surface area contributed by atoms with Crippen molar-refractivity contribution in [1.82, 2.24) is 15.1 Å². The Balaban J connectivity index is 2.32. The van der Waals surface area contributed by atoms with Crippen LogP contribution in [0.4, 0.5) is 0 Å². The normalized spacial score (nSPS) is 10.7. The van der Waals surface area contributed by atoms with Crippen molar-refractivity contribution in [3.63, 3.8) is 0 Å². The highest BCUT2D eigenvalue weighted by Crippen LogP contribution is 2.00. The lowest BCUT2D eigenvalue weighted by Crippen LogP contribution is -2.20. The second kappa shape index (κ2) is 4.99. The van der Waals surface area contributed by atoms with Crippen LogP contribution in [0.3, 0.4) is 0 Å². The maximum absolute atomic E-state index is 4.93. The predicted molar refractivity (Wildman–Crippen MR) is 51.5 cm³/mol. The first kappa shape index (κ1) is 10.2. The van der Waals surface area contributed by atoms with Gasteiger partial charge in [-0.1, -0.05) is 0 Å². The Kier molecular flexibility index (Phi) is 3.92. The van der Waals surface area contributed by atoms with Crippen molar-refractivity contribution in [1.29, 1.82) is 0 Å². The molecule has 0 radical (unpaired) electrons. The van der Waals surface area contributed by atoms with E-state index in [1.165, 1.54) is 5.69 Å². The lowest BCUT2D eigenvalue weighted by molar-refractivity contribution is 0.199. The van der Waals surface area contributed by atoms with E-state index in [2.05, 4.69) is 16.5 Å². The summed E-state index contributed by atoms with van der Waals surface area (Å²) in [5, 5.41) is 7.53. The fraction of sp³-hybridized carbons (Fsp3) is 0.667. The number of aromatic nitrogens is 2. The van der Waals surface area contributed by atoms with Crippen molar-refractivity contribution in [3.05, 3.63) is 17.5 Å². The molecule has 0 aromatic carbocycles. The molecule has 0 bridgehead atoms.